The van der Waals surface area contributed by atoms with Gasteiger partial charge in [-0.05, 0) is 54.6 Å². The number of hydrogen-bond acceptors (Lipinski definition) is 6. The Hall–Kier alpha value is -2.22. The summed E-state index contributed by atoms with van der Waals surface area (Å²) >= 11 is 3.27. The summed E-state index contributed by atoms with van der Waals surface area (Å²) in [5.41, 5.74) is 0.221. The van der Waals surface area contributed by atoms with Crippen molar-refractivity contribution in [2.45, 2.75) is 11.3 Å². The molecule has 0 fully saturated rings. The Morgan fingerprint density at radius 1 is 1.31 bits per heavy atom. The highest BCUT2D eigenvalue weighted by Gasteiger charge is 2.19. The van der Waals surface area contributed by atoms with Crippen molar-refractivity contribution in [3.63, 3.8) is 0 Å². The molecule has 0 amide bonds. The number of sulfonamides is 1. The van der Waals surface area contributed by atoms with Gasteiger partial charge >= 0.3 is 0 Å². The van der Waals surface area contributed by atoms with E-state index in [0.717, 1.165) is 19.2 Å². The Kier molecular flexibility index (Phi) is 6.90. The van der Waals surface area contributed by atoms with E-state index in [2.05, 4.69) is 35.5 Å². The number of ether oxygens (including phenoxy) is 1. The molecular weight excluding hydrogens is 422 g/mol. The van der Waals surface area contributed by atoms with Crippen LogP contribution in [0.2, 0.25) is 0 Å². The molecule has 8 nitrogen and oxygen atoms in total. The summed E-state index contributed by atoms with van der Waals surface area (Å²) in [4.78, 5) is 13.0. The normalized spacial score (nSPS) is 11.2. The van der Waals surface area contributed by atoms with E-state index < -0.39 is 10.0 Å². The quantitative estimate of drug-likeness (QED) is 0.502. The number of anilines is 1. The lowest BCUT2D eigenvalue weighted by Gasteiger charge is -2.14. The molecule has 0 unspecified atom stereocenters. The molecular formula is C16H18BrN5O3S. The van der Waals surface area contributed by atoms with Crippen molar-refractivity contribution < 1.29 is 13.2 Å². The number of pyridine rings is 2. The molecule has 0 aliphatic carbocycles. The van der Waals surface area contributed by atoms with Crippen molar-refractivity contribution in [3.8, 4) is 5.88 Å². The molecule has 0 aliphatic rings. The zero-order valence-electron chi connectivity index (χ0n) is 14.3. The van der Waals surface area contributed by atoms with Crippen LogP contribution in [0.15, 0.2) is 40.0 Å². The van der Waals surface area contributed by atoms with Crippen LogP contribution >= 0.6 is 15.9 Å². The number of halogens is 1. The molecule has 0 aliphatic heterocycles. The molecule has 0 atom stereocenters. The first-order valence-electron chi connectivity index (χ1n) is 7.61. The number of aromatic nitrogens is 2. The van der Waals surface area contributed by atoms with Gasteiger partial charge in [-0.3, -0.25) is 4.72 Å². The molecule has 0 radical (unpaired) electrons. The number of nitrogens with one attached hydrogen (secondary N) is 1. The van der Waals surface area contributed by atoms with Crippen LogP contribution in [0.5, 0.6) is 5.88 Å². The minimum absolute atomic E-state index is 0.0524. The van der Waals surface area contributed by atoms with Gasteiger partial charge in [0.15, 0.2) is 0 Å². The predicted octanol–water partition coefficient (Wildman–Crippen LogP) is 2.92. The molecule has 2 rings (SSSR count). The Morgan fingerprint density at radius 2 is 2.08 bits per heavy atom. The lowest BCUT2D eigenvalue weighted by Crippen LogP contribution is -2.17. The van der Waals surface area contributed by atoms with Gasteiger partial charge < -0.3 is 14.5 Å². The van der Waals surface area contributed by atoms with Crippen LogP contribution in [0, 0.1) is 6.57 Å². The van der Waals surface area contributed by atoms with Crippen LogP contribution in [0.3, 0.4) is 0 Å². The summed E-state index contributed by atoms with van der Waals surface area (Å²) in [5, 5.41) is 0. The third-order valence-corrected chi connectivity index (χ3v) is 4.98. The maximum Gasteiger partial charge on any atom is 0.269 e. The minimum atomic E-state index is -3.89. The second kappa shape index (κ2) is 8.93. The first kappa shape index (κ1) is 20.1. The average molecular weight is 440 g/mol. The Morgan fingerprint density at radius 3 is 2.69 bits per heavy atom. The van der Waals surface area contributed by atoms with Gasteiger partial charge in [0.05, 0.1) is 6.61 Å². The number of hydrogen-bond donors (Lipinski definition) is 1. The number of rotatable bonds is 8. The fourth-order valence-corrected chi connectivity index (χ4v) is 3.29. The molecule has 2 aromatic rings. The van der Waals surface area contributed by atoms with Crippen LogP contribution in [0.1, 0.15) is 6.42 Å². The van der Waals surface area contributed by atoms with Crippen LogP contribution in [0.4, 0.5) is 11.5 Å². The summed E-state index contributed by atoms with van der Waals surface area (Å²) in [6.07, 6.45) is 3.45. The van der Waals surface area contributed by atoms with E-state index in [1.165, 1.54) is 18.3 Å². The summed E-state index contributed by atoms with van der Waals surface area (Å²) in [6.45, 7) is 8.12. The van der Waals surface area contributed by atoms with E-state index >= 15 is 0 Å². The van der Waals surface area contributed by atoms with Gasteiger partial charge in [0.2, 0.25) is 5.88 Å². The summed E-state index contributed by atoms with van der Waals surface area (Å²) < 4.78 is 33.8. The molecule has 10 heteroatoms. The lowest BCUT2D eigenvalue weighted by molar-refractivity contribution is 0.274. The fourth-order valence-electron chi connectivity index (χ4n) is 1.97. The van der Waals surface area contributed by atoms with Gasteiger partial charge in [0, 0.05) is 17.2 Å². The van der Waals surface area contributed by atoms with E-state index in [0.29, 0.717) is 11.1 Å². The largest absolute Gasteiger partial charge is 0.476 e. The first-order chi connectivity index (χ1) is 12.3. The molecule has 0 saturated carbocycles. The van der Waals surface area contributed by atoms with Crippen molar-refractivity contribution in [1.29, 1.82) is 0 Å². The van der Waals surface area contributed by atoms with Crippen LogP contribution < -0.4 is 9.46 Å². The standard InChI is InChI=1S/C16H18BrN5O3S/c1-18-15-6-5-13(11-19-15)26(23,24)21-14-9-12(17)10-20-16(14)25-8-4-7-22(2)3/h5-6,9-11,21H,4,7-8H2,2-3H3. The molecule has 0 aromatic carbocycles. The predicted molar refractivity (Wildman–Crippen MR) is 102 cm³/mol. The van der Waals surface area contributed by atoms with Crippen LogP contribution in [-0.2, 0) is 10.0 Å². The van der Waals surface area contributed by atoms with Crippen molar-refractivity contribution in [2.24, 2.45) is 0 Å². The summed E-state index contributed by atoms with van der Waals surface area (Å²) in [5.74, 6) is 0.319. The molecule has 26 heavy (non-hydrogen) atoms. The molecule has 1 N–H and O–H groups in total. The highest BCUT2D eigenvalue weighted by molar-refractivity contribution is 9.10. The third-order valence-electron chi connectivity index (χ3n) is 3.20. The Bertz CT molecular complexity index is 895. The van der Waals surface area contributed by atoms with Crippen molar-refractivity contribution in [2.75, 3.05) is 32.0 Å². The van der Waals surface area contributed by atoms with Gasteiger partial charge in [-0.1, -0.05) is 6.57 Å². The molecule has 0 bridgehead atoms. The average Bonchev–Trinajstić information content (AvgIpc) is 2.60. The van der Waals surface area contributed by atoms with Crippen LogP contribution in [-0.4, -0.2) is 50.5 Å². The van der Waals surface area contributed by atoms with Gasteiger partial charge in [-0.25, -0.2) is 13.4 Å². The zero-order chi connectivity index (χ0) is 19.2. The summed E-state index contributed by atoms with van der Waals surface area (Å²) in [7, 11) is 0.0400. The molecule has 0 spiro atoms. The van der Waals surface area contributed by atoms with Gasteiger partial charge in [0.1, 0.15) is 16.8 Å². The topological polar surface area (TPSA) is 88.8 Å². The maximum atomic E-state index is 12.6. The maximum absolute atomic E-state index is 12.6. The lowest BCUT2D eigenvalue weighted by atomic mass is 10.4. The SMILES string of the molecule is [C-]#[N+]c1ccc(S(=O)(=O)Nc2cc(Br)cnc2OCCCN(C)C)cn1. The first-order valence-corrected chi connectivity index (χ1v) is 9.89. The van der Waals surface area contributed by atoms with E-state index in [9.17, 15) is 8.42 Å². The number of nitrogens with zero attached hydrogens (tertiary/aromatic N) is 4. The van der Waals surface area contributed by atoms with Crippen molar-refractivity contribution in [1.82, 2.24) is 14.9 Å². The molecule has 2 aromatic heterocycles. The van der Waals surface area contributed by atoms with E-state index in [1.807, 2.05) is 19.0 Å². The second-order valence-electron chi connectivity index (χ2n) is 5.58. The smallest absolute Gasteiger partial charge is 0.269 e. The van der Waals surface area contributed by atoms with E-state index in [-0.39, 0.29) is 22.3 Å². The van der Waals surface area contributed by atoms with E-state index in [1.54, 1.807) is 6.07 Å². The van der Waals surface area contributed by atoms with Crippen LogP contribution in [0.25, 0.3) is 4.85 Å². The van der Waals surface area contributed by atoms with Gasteiger partial charge in [-0.2, -0.15) is 0 Å². The Labute approximate surface area is 161 Å². The minimum Gasteiger partial charge on any atom is -0.476 e. The monoisotopic (exact) mass is 439 g/mol. The van der Waals surface area contributed by atoms with E-state index in [4.69, 9.17) is 11.3 Å². The highest BCUT2D eigenvalue weighted by atomic mass is 79.9. The third kappa shape index (κ3) is 5.66. The highest BCUT2D eigenvalue weighted by Crippen LogP contribution is 2.28. The van der Waals surface area contributed by atoms with Crippen molar-refractivity contribution >= 4 is 37.5 Å². The summed E-state index contributed by atoms with van der Waals surface area (Å²) in [6, 6.07) is 4.25. The second-order valence-corrected chi connectivity index (χ2v) is 8.18. The Balaban J connectivity index is 2.18. The van der Waals surface area contributed by atoms with Crippen molar-refractivity contribution in [3.05, 3.63) is 46.5 Å². The molecule has 0 saturated heterocycles. The molecule has 2 heterocycles. The zero-order valence-corrected chi connectivity index (χ0v) is 16.7. The van der Waals surface area contributed by atoms with Gasteiger partial charge in [-0.15, -0.1) is 4.98 Å². The molecule has 138 valence electrons. The fraction of sp³-hybridized carbons (Fsp3) is 0.312. The van der Waals surface area contributed by atoms with Gasteiger partial charge in [0.25, 0.3) is 15.8 Å².